The molecule has 3 nitrogen and oxygen atoms in total. The zero-order valence-electron chi connectivity index (χ0n) is 12.5. The summed E-state index contributed by atoms with van der Waals surface area (Å²) in [7, 11) is 0. The van der Waals surface area contributed by atoms with Crippen LogP contribution in [0, 0.1) is 0 Å². The van der Waals surface area contributed by atoms with Crippen molar-refractivity contribution in [1.29, 1.82) is 0 Å². The molecule has 0 aliphatic carbocycles. The number of nitrogens with two attached hydrogens (primary N) is 2. The van der Waals surface area contributed by atoms with Crippen LogP contribution in [0.25, 0.3) is 0 Å². The maximum absolute atomic E-state index is 11.9. The van der Waals surface area contributed by atoms with E-state index in [0.29, 0.717) is 6.42 Å². The highest BCUT2D eigenvalue weighted by atomic mass is 16.1. The van der Waals surface area contributed by atoms with Crippen LogP contribution in [0.2, 0.25) is 0 Å². The van der Waals surface area contributed by atoms with E-state index < -0.39 is 16.9 Å². The fraction of sp³-hybridized carbons (Fsp3) is 0.278. The second-order valence-corrected chi connectivity index (χ2v) is 5.93. The number of benzene rings is 2. The molecule has 3 heteroatoms. The second-order valence-electron chi connectivity index (χ2n) is 5.93. The zero-order valence-corrected chi connectivity index (χ0v) is 12.5. The minimum Gasteiger partial charge on any atom is -0.368 e. The van der Waals surface area contributed by atoms with Gasteiger partial charge in [-0.2, -0.15) is 0 Å². The molecule has 21 heavy (non-hydrogen) atoms. The molecular formula is C18H22N2O. The first kappa shape index (κ1) is 15.3. The Bertz CT molecular complexity index is 608. The summed E-state index contributed by atoms with van der Waals surface area (Å²) in [6, 6.07) is 19.9. The van der Waals surface area contributed by atoms with Gasteiger partial charge >= 0.3 is 0 Å². The van der Waals surface area contributed by atoms with Crippen molar-refractivity contribution in [3.05, 3.63) is 71.8 Å². The van der Waals surface area contributed by atoms with Crippen LogP contribution < -0.4 is 11.5 Å². The molecule has 0 aliphatic rings. The minimum atomic E-state index is -1.15. The smallest absolute Gasteiger partial charge is 0.238 e. The highest BCUT2D eigenvalue weighted by Gasteiger charge is 2.47. The molecule has 0 aromatic heterocycles. The van der Waals surface area contributed by atoms with Gasteiger partial charge in [-0.05, 0) is 24.5 Å². The van der Waals surface area contributed by atoms with Crippen molar-refractivity contribution < 1.29 is 4.79 Å². The lowest BCUT2D eigenvalue weighted by Crippen LogP contribution is -2.63. The van der Waals surface area contributed by atoms with Gasteiger partial charge < -0.3 is 11.5 Å². The van der Waals surface area contributed by atoms with Crippen LogP contribution in [-0.4, -0.2) is 11.4 Å². The summed E-state index contributed by atoms with van der Waals surface area (Å²) in [6.07, 6.45) is 0.647. The van der Waals surface area contributed by atoms with Crippen molar-refractivity contribution in [2.75, 3.05) is 0 Å². The first-order valence-electron chi connectivity index (χ1n) is 7.06. The molecule has 0 spiro atoms. The normalized spacial score (nSPS) is 16.7. The number of hydrogen-bond donors (Lipinski definition) is 2. The Labute approximate surface area is 126 Å². The Morgan fingerprint density at radius 2 is 1.43 bits per heavy atom. The van der Waals surface area contributed by atoms with Gasteiger partial charge in [0.15, 0.2) is 0 Å². The summed E-state index contributed by atoms with van der Waals surface area (Å²) in [5.74, 6) is -0.496. The fourth-order valence-electron chi connectivity index (χ4n) is 2.67. The SMILES string of the molecule is CC(N)(C(N)=O)C(C)(Cc1ccccc1)c1ccccc1. The third-order valence-electron chi connectivity index (χ3n) is 4.47. The molecule has 2 atom stereocenters. The van der Waals surface area contributed by atoms with Crippen molar-refractivity contribution in [1.82, 2.24) is 0 Å². The molecule has 110 valence electrons. The van der Waals surface area contributed by atoms with E-state index in [0.717, 1.165) is 11.1 Å². The monoisotopic (exact) mass is 282 g/mol. The summed E-state index contributed by atoms with van der Waals surface area (Å²) in [5.41, 5.74) is 12.3. The summed E-state index contributed by atoms with van der Waals surface area (Å²) in [4.78, 5) is 11.9. The van der Waals surface area contributed by atoms with Crippen LogP contribution >= 0.6 is 0 Å². The van der Waals surface area contributed by atoms with Crippen LogP contribution in [0.15, 0.2) is 60.7 Å². The van der Waals surface area contributed by atoms with Crippen molar-refractivity contribution in [2.45, 2.75) is 31.2 Å². The van der Waals surface area contributed by atoms with Crippen LogP contribution in [0.4, 0.5) is 0 Å². The van der Waals surface area contributed by atoms with Crippen molar-refractivity contribution in [2.24, 2.45) is 11.5 Å². The highest BCUT2D eigenvalue weighted by Crippen LogP contribution is 2.37. The molecule has 4 N–H and O–H groups in total. The standard InChI is InChI=1S/C18H22N2O/c1-17(18(2,20)16(19)21,15-11-7-4-8-12-15)13-14-9-5-3-6-10-14/h3-12H,13,20H2,1-2H3,(H2,19,21). The molecular weight excluding hydrogens is 260 g/mol. The van der Waals surface area contributed by atoms with Crippen molar-refractivity contribution >= 4 is 5.91 Å². The number of carbonyl (C=O) groups is 1. The molecule has 0 heterocycles. The summed E-state index contributed by atoms with van der Waals surface area (Å²) in [6.45, 7) is 3.71. The van der Waals surface area contributed by atoms with E-state index in [9.17, 15) is 4.79 Å². The number of primary amides is 1. The lowest BCUT2D eigenvalue weighted by atomic mass is 9.64. The maximum atomic E-state index is 11.9. The van der Waals surface area contributed by atoms with Gasteiger partial charge in [0.2, 0.25) is 5.91 Å². The van der Waals surface area contributed by atoms with Gasteiger partial charge in [0.1, 0.15) is 5.54 Å². The molecule has 0 saturated carbocycles. The Balaban J connectivity index is 2.52. The molecule has 0 fully saturated rings. The van der Waals surface area contributed by atoms with Gasteiger partial charge in [-0.15, -0.1) is 0 Å². The van der Waals surface area contributed by atoms with Crippen molar-refractivity contribution in [3.63, 3.8) is 0 Å². The summed E-state index contributed by atoms with van der Waals surface area (Å²) >= 11 is 0. The van der Waals surface area contributed by atoms with E-state index in [1.54, 1.807) is 6.92 Å². The topological polar surface area (TPSA) is 69.1 Å². The number of amides is 1. The Morgan fingerprint density at radius 1 is 0.952 bits per heavy atom. The average Bonchev–Trinajstić information content (AvgIpc) is 2.48. The lowest BCUT2D eigenvalue weighted by Gasteiger charge is -2.42. The van der Waals surface area contributed by atoms with E-state index in [-0.39, 0.29) is 0 Å². The largest absolute Gasteiger partial charge is 0.368 e. The first-order valence-corrected chi connectivity index (χ1v) is 7.06. The Kier molecular flexibility index (Phi) is 4.14. The average molecular weight is 282 g/mol. The van der Waals surface area contributed by atoms with Crippen LogP contribution in [0.5, 0.6) is 0 Å². The van der Waals surface area contributed by atoms with Crippen LogP contribution in [-0.2, 0) is 16.6 Å². The minimum absolute atomic E-state index is 0.496. The Morgan fingerprint density at radius 3 is 1.90 bits per heavy atom. The van der Waals surface area contributed by atoms with E-state index in [1.807, 2.05) is 67.6 Å². The van der Waals surface area contributed by atoms with Gasteiger partial charge in [-0.3, -0.25) is 4.79 Å². The fourth-order valence-corrected chi connectivity index (χ4v) is 2.67. The maximum Gasteiger partial charge on any atom is 0.238 e. The number of rotatable bonds is 5. The van der Waals surface area contributed by atoms with E-state index >= 15 is 0 Å². The van der Waals surface area contributed by atoms with Crippen LogP contribution in [0.3, 0.4) is 0 Å². The van der Waals surface area contributed by atoms with E-state index in [1.165, 1.54) is 0 Å². The molecule has 1 amide bonds. The van der Waals surface area contributed by atoms with Crippen molar-refractivity contribution in [3.8, 4) is 0 Å². The molecule has 2 aromatic rings. The highest BCUT2D eigenvalue weighted by molar-refractivity contribution is 5.86. The zero-order chi connectivity index (χ0) is 15.5. The van der Waals surface area contributed by atoms with Gasteiger partial charge in [0, 0.05) is 5.41 Å². The van der Waals surface area contributed by atoms with Gasteiger partial charge in [0.05, 0.1) is 0 Å². The molecule has 2 rings (SSSR count). The second kappa shape index (κ2) is 5.70. The molecule has 2 aromatic carbocycles. The van der Waals surface area contributed by atoms with Gasteiger partial charge in [-0.25, -0.2) is 0 Å². The third-order valence-corrected chi connectivity index (χ3v) is 4.47. The molecule has 2 unspecified atom stereocenters. The first-order chi connectivity index (χ1) is 9.88. The third kappa shape index (κ3) is 2.83. The molecule has 0 bridgehead atoms. The number of hydrogen-bond acceptors (Lipinski definition) is 2. The molecule has 0 aliphatic heterocycles. The van der Waals surface area contributed by atoms with E-state index in [4.69, 9.17) is 11.5 Å². The predicted octanol–water partition coefficient (Wildman–Crippen LogP) is 2.39. The van der Waals surface area contributed by atoms with Gasteiger partial charge in [0.25, 0.3) is 0 Å². The summed E-state index contributed by atoms with van der Waals surface area (Å²) in [5, 5.41) is 0. The Hall–Kier alpha value is -2.13. The van der Waals surface area contributed by atoms with Gasteiger partial charge in [-0.1, -0.05) is 67.6 Å². The quantitative estimate of drug-likeness (QED) is 0.884. The summed E-state index contributed by atoms with van der Waals surface area (Å²) < 4.78 is 0. The number of carbonyl (C=O) groups excluding carboxylic acids is 1. The molecule has 0 saturated heterocycles. The molecule has 0 radical (unpaired) electrons. The van der Waals surface area contributed by atoms with E-state index in [2.05, 4.69) is 0 Å². The van der Waals surface area contributed by atoms with Crippen LogP contribution in [0.1, 0.15) is 25.0 Å². The predicted molar refractivity (Wildman–Crippen MR) is 85.7 cm³/mol. The lowest BCUT2D eigenvalue weighted by molar-refractivity contribution is -0.124.